The first-order valence-corrected chi connectivity index (χ1v) is 4.51. The molecule has 0 aromatic rings. The minimum atomic E-state index is -0.627. The molecule has 1 rings (SSSR count). The summed E-state index contributed by atoms with van der Waals surface area (Å²) < 4.78 is 11.1. The molecule has 0 unspecified atom stereocenters. The average molecular weight is 183 g/mol. The van der Waals surface area contributed by atoms with E-state index >= 15 is 0 Å². The van der Waals surface area contributed by atoms with Crippen LogP contribution in [0.25, 0.3) is 0 Å². The summed E-state index contributed by atoms with van der Waals surface area (Å²) in [5.74, 6) is -0.627. The molecule has 74 valence electrons. The lowest BCUT2D eigenvalue weighted by Gasteiger charge is -2.27. The van der Waals surface area contributed by atoms with E-state index in [0.717, 1.165) is 0 Å². The van der Waals surface area contributed by atoms with E-state index in [4.69, 9.17) is 14.7 Å². The maximum atomic E-state index is 8.88. The molecule has 1 aliphatic heterocycles. The van der Waals surface area contributed by atoms with Crippen LogP contribution in [0.3, 0.4) is 0 Å². The van der Waals surface area contributed by atoms with Gasteiger partial charge in [-0.1, -0.05) is 20.8 Å². The van der Waals surface area contributed by atoms with Gasteiger partial charge in [0.2, 0.25) is 0 Å². The predicted molar refractivity (Wildman–Crippen MR) is 48.9 cm³/mol. The van der Waals surface area contributed by atoms with Crippen LogP contribution in [0.5, 0.6) is 0 Å². The zero-order chi connectivity index (χ0) is 10.3. The van der Waals surface area contributed by atoms with E-state index in [2.05, 4.69) is 6.07 Å². The summed E-state index contributed by atoms with van der Waals surface area (Å²) >= 11 is 0. The van der Waals surface area contributed by atoms with Crippen molar-refractivity contribution in [2.75, 3.05) is 0 Å². The number of rotatable bonds is 0. The highest BCUT2D eigenvalue weighted by molar-refractivity contribution is 5.00. The van der Waals surface area contributed by atoms with Gasteiger partial charge in [0.1, 0.15) is 6.10 Å². The average Bonchev–Trinajstić information content (AvgIpc) is 2.24. The summed E-state index contributed by atoms with van der Waals surface area (Å²) in [6.07, 6.45) is -0.595. The lowest BCUT2D eigenvalue weighted by molar-refractivity contribution is -0.152. The van der Waals surface area contributed by atoms with Crippen LogP contribution in [0.15, 0.2) is 0 Å². The Morgan fingerprint density at radius 3 is 2.08 bits per heavy atom. The highest BCUT2D eigenvalue weighted by Gasteiger charge is 2.46. The van der Waals surface area contributed by atoms with Gasteiger partial charge in [0.15, 0.2) is 11.9 Å². The molecule has 2 atom stereocenters. The summed E-state index contributed by atoms with van der Waals surface area (Å²) in [6.45, 7) is 9.82. The normalized spacial score (nSPS) is 32.9. The molecule has 0 radical (unpaired) electrons. The van der Waals surface area contributed by atoms with Gasteiger partial charge in [-0.3, -0.25) is 0 Å². The topological polar surface area (TPSA) is 42.2 Å². The zero-order valence-electron chi connectivity index (χ0n) is 8.92. The Hall–Kier alpha value is -0.590. The SMILES string of the molecule is CC1(C)O[C@H](C#N)[C@@H](C(C)(C)C)O1. The predicted octanol–water partition coefficient (Wildman–Crippen LogP) is 2.08. The van der Waals surface area contributed by atoms with Crippen LogP contribution in [0.2, 0.25) is 0 Å². The molecule has 1 fully saturated rings. The minimum Gasteiger partial charge on any atom is -0.343 e. The Bertz CT molecular complexity index is 234. The first kappa shape index (κ1) is 10.5. The van der Waals surface area contributed by atoms with Crippen molar-refractivity contribution in [1.82, 2.24) is 0 Å². The van der Waals surface area contributed by atoms with Crippen LogP contribution in [0, 0.1) is 16.7 Å². The maximum Gasteiger partial charge on any atom is 0.173 e. The molecule has 0 saturated carbocycles. The molecule has 0 aromatic carbocycles. The Balaban J connectivity index is 2.83. The first-order chi connectivity index (χ1) is 5.76. The quantitative estimate of drug-likeness (QED) is 0.577. The molecule has 0 N–H and O–H groups in total. The fraction of sp³-hybridized carbons (Fsp3) is 0.900. The highest BCUT2D eigenvalue weighted by Crippen LogP contribution is 2.37. The van der Waals surface area contributed by atoms with Crippen LogP contribution >= 0.6 is 0 Å². The molecule has 0 aliphatic carbocycles. The van der Waals surface area contributed by atoms with Gasteiger partial charge in [0.25, 0.3) is 0 Å². The summed E-state index contributed by atoms with van der Waals surface area (Å²) in [4.78, 5) is 0. The second-order valence-corrected chi connectivity index (χ2v) is 4.97. The molecule has 0 aromatic heterocycles. The summed E-state index contributed by atoms with van der Waals surface area (Å²) in [5.41, 5.74) is -0.0613. The van der Waals surface area contributed by atoms with E-state index in [1.807, 2.05) is 34.6 Å². The van der Waals surface area contributed by atoms with E-state index in [1.165, 1.54) is 0 Å². The van der Waals surface area contributed by atoms with Gasteiger partial charge in [-0.05, 0) is 19.3 Å². The van der Waals surface area contributed by atoms with Gasteiger partial charge >= 0.3 is 0 Å². The molecule has 3 nitrogen and oxygen atoms in total. The second-order valence-electron chi connectivity index (χ2n) is 4.97. The third kappa shape index (κ3) is 2.20. The monoisotopic (exact) mass is 183 g/mol. The smallest absolute Gasteiger partial charge is 0.173 e. The Labute approximate surface area is 79.6 Å². The molecule has 1 heterocycles. The fourth-order valence-electron chi connectivity index (χ4n) is 1.49. The Kier molecular flexibility index (Phi) is 2.40. The van der Waals surface area contributed by atoms with E-state index in [9.17, 15) is 0 Å². The van der Waals surface area contributed by atoms with Crippen molar-refractivity contribution in [3.8, 4) is 6.07 Å². The van der Waals surface area contributed by atoms with Crippen molar-refractivity contribution in [3.63, 3.8) is 0 Å². The molecular formula is C10H17NO2. The van der Waals surface area contributed by atoms with Crippen LogP contribution in [0.1, 0.15) is 34.6 Å². The molecule has 0 amide bonds. The van der Waals surface area contributed by atoms with Crippen molar-refractivity contribution < 1.29 is 9.47 Å². The standard InChI is InChI=1S/C10H17NO2/c1-9(2,3)8-7(6-11)12-10(4,5)13-8/h7-8H,1-5H3/t7-,8+/m1/s1. The fourth-order valence-corrected chi connectivity index (χ4v) is 1.49. The van der Waals surface area contributed by atoms with E-state index in [0.29, 0.717) is 0 Å². The third-order valence-corrected chi connectivity index (χ3v) is 2.08. The number of nitriles is 1. The van der Waals surface area contributed by atoms with E-state index in [-0.39, 0.29) is 11.5 Å². The highest BCUT2D eigenvalue weighted by atomic mass is 16.8. The van der Waals surface area contributed by atoms with E-state index < -0.39 is 11.9 Å². The molecule has 13 heavy (non-hydrogen) atoms. The van der Waals surface area contributed by atoms with Crippen molar-refractivity contribution in [2.45, 2.75) is 52.6 Å². The van der Waals surface area contributed by atoms with Gasteiger partial charge in [-0.25, -0.2) is 0 Å². The minimum absolute atomic E-state index is 0.0613. The zero-order valence-corrected chi connectivity index (χ0v) is 8.92. The first-order valence-electron chi connectivity index (χ1n) is 4.51. The lowest BCUT2D eigenvalue weighted by Crippen LogP contribution is -2.34. The largest absolute Gasteiger partial charge is 0.343 e. The second kappa shape index (κ2) is 2.97. The number of hydrogen-bond donors (Lipinski definition) is 0. The van der Waals surface area contributed by atoms with Crippen molar-refractivity contribution >= 4 is 0 Å². The van der Waals surface area contributed by atoms with E-state index in [1.54, 1.807) is 0 Å². The van der Waals surface area contributed by atoms with Crippen LogP contribution < -0.4 is 0 Å². The number of hydrogen-bond acceptors (Lipinski definition) is 3. The molecule has 0 bridgehead atoms. The molecule has 3 heteroatoms. The van der Waals surface area contributed by atoms with Crippen molar-refractivity contribution in [2.24, 2.45) is 5.41 Å². The third-order valence-electron chi connectivity index (χ3n) is 2.08. The summed E-state index contributed by atoms with van der Waals surface area (Å²) in [6, 6.07) is 2.13. The van der Waals surface area contributed by atoms with Crippen molar-refractivity contribution in [1.29, 1.82) is 5.26 Å². The number of nitrogens with zero attached hydrogens (tertiary/aromatic N) is 1. The summed E-state index contributed by atoms with van der Waals surface area (Å²) in [7, 11) is 0. The van der Waals surface area contributed by atoms with Gasteiger partial charge in [0.05, 0.1) is 6.07 Å². The lowest BCUT2D eigenvalue weighted by atomic mass is 9.86. The van der Waals surface area contributed by atoms with Crippen LogP contribution in [-0.2, 0) is 9.47 Å². The van der Waals surface area contributed by atoms with Gasteiger partial charge in [0, 0.05) is 0 Å². The summed E-state index contributed by atoms with van der Waals surface area (Å²) in [5, 5.41) is 8.88. The van der Waals surface area contributed by atoms with Crippen molar-refractivity contribution in [3.05, 3.63) is 0 Å². The maximum absolute atomic E-state index is 8.88. The Morgan fingerprint density at radius 2 is 1.77 bits per heavy atom. The molecule has 1 saturated heterocycles. The molecule has 1 aliphatic rings. The van der Waals surface area contributed by atoms with Gasteiger partial charge in [-0.15, -0.1) is 0 Å². The van der Waals surface area contributed by atoms with Gasteiger partial charge < -0.3 is 9.47 Å². The van der Waals surface area contributed by atoms with Crippen LogP contribution in [0.4, 0.5) is 0 Å². The Morgan fingerprint density at radius 1 is 1.23 bits per heavy atom. The molecular weight excluding hydrogens is 166 g/mol. The molecule has 0 spiro atoms. The van der Waals surface area contributed by atoms with Crippen LogP contribution in [-0.4, -0.2) is 18.0 Å². The number of ether oxygens (including phenoxy) is 2. The van der Waals surface area contributed by atoms with Gasteiger partial charge in [-0.2, -0.15) is 5.26 Å².